The minimum Gasteiger partial charge on any atom is -0.426 e. The zero-order chi connectivity index (χ0) is 22.6. The molecule has 1 heterocycles. The standard InChI is InChI=1S/C26H26N4O2/c1-4-26(2,3)25(31)32-23-17-15-20(16-18-23)24-27-29(21-11-7-5-8-12-21)19-30(28-24)22-13-9-6-10-14-22/h5-19H,4H2,1-3H3/q+2. The molecule has 4 aromatic rings. The highest BCUT2D eigenvalue weighted by Gasteiger charge is 2.28. The fourth-order valence-corrected chi connectivity index (χ4v) is 2.97. The average molecular weight is 427 g/mol. The highest BCUT2D eigenvalue weighted by atomic mass is 16.5. The van der Waals surface area contributed by atoms with E-state index in [0.717, 1.165) is 16.9 Å². The van der Waals surface area contributed by atoms with Crippen LogP contribution in [0.25, 0.3) is 22.8 Å². The molecule has 6 heteroatoms. The van der Waals surface area contributed by atoms with Gasteiger partial charge in [0.2, 0.25) is 11.4 Å². The summed E-state index contributed by atoms with van der Waals surface area (Å²) in [4.78, 5) is 12.4. The van der Waals surface area contributed by atoms with Crippen molar-refractivity contribution in [2.45, 2.75) is 27.2 Å². The van der Waals surface area contributed by atoms with Gasteiger partial charge in [-0.05, 0) is 44.5 Å². The van der Waals surface area contributed by atoms with Crippen LogP contribution in [-0.4, -0.2) is 16.2 Å². The highest BCUT2D eigenvalue weighted by molar-refractivity contribution is 5.78. The minimum absolute atomic E-state index is 0.243. The van der Waals surface area contributed by atoms with E-state index in [4.69, 9.17) is 14.9 Å². The molecule has 0 aliphatic rings. The van der Waals surface area contributed by atoms with Crippen molar-refractivity contribution in [2.75, 3.05) is 0 Å². The SMILES string of the molecule is CCC(C)(C)C(=O)Oc1ccc(-c2n[n+](-c3ccccc3)c[n+](-c3ccccc3)n2)cc1. The van der Waals surface area contributed by atoms with Crippen molar-refractivity contribution in [3.8, 4) is 28.5 Å². The molecule has 0 saturated carbocycles. The number of rotatable bonds is 6. The summed E-state index contributed by atoms with van der Waals surface area (Å²) in [7, 11) is 0. The number of benzene rings is 3. The molecular weight excluding hydrogens is 400 g/mol. The van der Waals surface area contributed by atoms with Gasteiger partial charge < -0.3 is 4.74 Å². The van der Waals surface area contributed by atoms with Crippen molar-refractivity contribution in [3.05, 3.63) is 91.3 Å². The molecule has 0 aliphatic heterocycles. The van der Waals surface area contributed by atoms with E-state index in [1.54, 1.807) is 21.5 Å². The topological polar surface area (TPSA) is 59.8 Å². The number of ether oxygens (including phenoxy) is 1. The van der Waals surface area contributed by atoms with Crippen molar-refractivity contribution in [3.63, 3.8) is 0 Å². The maximum Gasteiger partial charge on any atom is 0.469 e. The Kier molecular flexibility index (Phi) is 6.03. The molecule has 4 rings (SSSR count). The summed E-state index contributed by atoms with van der Waals surface area (Å²) < 4.78 is 9.15. The van der Waals surface area contributed by atoms with Crippen LogP contribution in [0.3, 0.4) is 0 Å². The Hall–Kier alpha value is -3.93. The van der Waals surface area contributed by atoms with Crippen LogP contribution in [0.2, 0.25) is 0 Å². The number of esters is 1. The second-order valence-corrected chi connectivity index (χ2v) is 8.15. The Morgan fingerprint density at radius 3 is 1.78 bits per heavy atom. The second kappa shape index (κ2) is 9.06. The summed E-state index contributed by atoms with van der Waals surface area (Å²) in [6.45, 7) is 5.74. The van der Waals surface area contributed by atoms with Crippen LogP contribution in [-0.2, 0) is 4.79 Å². The highest BCUT2D eigenvalue weighted by Crippen LogP contribution is 2.25. The molecule has 1 aromatic heterocycles. The zero-order valence-electron chi connectivity index (χ0n) is 18.5. The van der Waals surface area contributed by atoms with Crippen LogP contribution in [0.4, 0.5) is 0 Å². The maximum absolute atomic E-state index is 12.4. The van der Waals surface area contributed by atoms with Gasteiger partial charge in [-0.15, -0.1) is 0 Å². The summed E-state index contributed by atoms with van der Waals surface area (Å²) in [5, 5.41) is 9.44. The van der Waals surface area contributed by atoms with E-state index >= 15 is 0 Å². The van der Waals surface area contributed by atoms with E-state index in [0.29, 0.717) is 18.0 Å². The van der Waals surface area contributed by atoms with Gasteiger partial charge in [-0.2, -0.15) is 0 Å². The zero-order valence-corrected chi connectivity index (χ0v) is 18.5. The number of carbonyl (C=O) groups excluding carboxylic acids is 1. The summed E-state index contributed by atoms with van der Waals surface area (Å²) in [6.07, 6.45) is 2.55. The monoisotopic (exact) mass is 426 g/mol. The van der Waals surface area contributed by atoms with Gasteiger partial charge in [-0.25, -0.2) is 0 Å². The van der Waals surface area contributed by atoms with Gasteiger partial charge in [0.15, 0.2) is 0 Å². The molecule has 6 nitrogen and oxygen atoms in total. The largest absolute Gasteiger partial charge is 0.469 e. The third-order valence-corrected chi connectivity index (χ3v) is 5.42. The molecule has 0 aliphatic carbocycles. The lowest BCUT2D eigenvalue weighted by atomic mass is 9.91. The van der Waals surface area contributed by atoms with Crippen LogP contribution in [0.15, 0.2) is 91.3 Å². The number of aromatic nitrogens is 4. The maximum atomic E-state index is 12.4. The molecule has 0 fully saturated rings. The van der Waals surface area contributed by atoms with Crippen LogP contribution in [0, 0.1) is 5.41 Å². The smallest absolute Gasteiger partial charge is 0.426 e. The van der Waals surface area contributed by atoms with E-state index in [2.05, 4.69) is 0 Å². The second-order valence-electron chi connectivity index (χ2n) is 8.15. The van der Waals surface area contributed by atoms with Gasteiger partial charge in [-0.1, -0.05) is 43.3 Å². The molecule has 0 amide bonds. The summed E-state index contributed by atoms with van der Waals surface area (Å²) in [5.41, 5.74) is 2.14. The van der Waals surface area contributed by atoms with E-state index in [1.165, 1.54) is 0 Å². The molecule has 3 aromatic carbocycles. The lowest BCUT2D eigenvalue weighted by Gasteiger charge is -2.20. The van der Waals surface area contributed by atoms with Crippen LogP contribution >= 0.6 is 0 Å². The fraction of sp³-hybridized carbons (Fsp3) is 0.192. The molecule has 32 heavy (non-hydrogen) atoms. The van der Waals surface area contributed by atoms with Crippen LogP contribution in [0.5, 0.6) is 5.75 Å². The van der Waals surface area contributed by atoms with E-state index < -0.39 is 5.41 Å². The fourth-order valence-electron chi connectivity index (χ4n) is 2.97. The molecule has 0 bridgehead atoms. The molecule has 0 N–H and O–H groups in total. The van der Waals surface area contributed by atoms with E-state index in [1.807, 2.05) is 99.9 Å². The molecule has 160 valence electrons. The van der Waals surface area contributed by atoms with Crippen LogP contribution < -0.4 is 14.1 Å². The van der Waals surface area contributed by atoms with Gasteiger partial charge in [0.1, 0.15) is 5.75 Å². The van der Waals surface area contributed by atoms with Crippen molar-refractivity contribution < 1.29 is 18.9 Å². The Labute approximate surface area is 187 Å². The van der Waals surface area contributed by atoms with Crippen molar-refractivity contribution in [1.29, 1.82) is 0 Å². The van der Waals surface area contributed by atoms with Gasteiger partial charge in [-0.3, -0.25) is 4.79 Å². The number of carbonyl (C=O) groups is 1. The molecular formula is C26H26N4O2+2. The first-order valence-electron chi connectivity index (χ1n) is 10.6. The molecule has 0 saturated heterocycles. The van der Waals surface area contributed by atoms with Gasteiger partial charge in [0, 0.05) is 49.4 Å². The third-order valence-electron chi connectivity index (χ3n) is 5.42. The summed E-state index contributed by atoms with van der Waals surface area (Å²) in [5.74, 6) is 0.808. The summed E-state index contributed by atoms with van der Waals surface area (Å²) in [6, 6.07) is 27.1. The van der Waals surface area contributed by atoms with E-state index in [-0.39, 0.29) is 5.97 Å². The quantitative estimate of drug-likeness (QED) is 0.265. The number of hydrogen-bond donors (Lipinski definition) is 0. The Morgan fingerprint density at radius 1 is 0.812 bits per heavy atom. The molecule has 0 radical (unpaired) electrons. The normalized spacial score (nSPS) is 11.2. The molecule has 0 atom stereocenters. The Morgan fingerprint density at radius 2 is 1.31 bits per heavy atom. The summed E-state index contributed by atoms with van der Waals surface area (Å²) >= 11 is 0. The van der Waals surface area contributed by atoms with Gasteiger partial charge in [0.25, 0.3) is 5.82 Å². The van der Waals surface area contributed by atoms with E-state index in [9.17, 15) is 4.79 Å². The predicted molar refractivity (Wildman–Crippen MR) is 120 cm³/mol. The molecule has 0 spiro atoms. The third kappa shape index (κ3) is 4.70. The number of nitrogens with zero attached hydrogens (tertiary/aromatic N) is 4. The van der Waals surface area contributed by atoms with Crippen molar-refractivity contribution >= 4 is 5.97 Å². The lowest BCUT2D eigenvalue weighted by molar-refractivity contribution is -0.797. The first-order valence-corrected chi connectivity index (χ1v) is 10.6. The predicted octanol–water partition coefficient (Wildman–Crippen LogP) is 4.04. The number of para-hydroxylation sites is 2. The number of hydrogen-bond acceptors (Lipinski definition) is 4. The van der Waals surface area contributed by atoms with Gasteiger partial charge in [0.05, 0.1) is 5.41 Å². The first kappa shape index (κ1) is 21.3. The average Bonchev–Trinajstić information content (AvgIpc) is 2.85. The Balaban J connectivity index is 1.70. The van der Waals surface area contributed by atoms with Crippen molar-refractivity contribution in [1.82, 2.24) is 10.2 Å². The first-order chi connectivity index (χ1) is 15.5. The minimum atomic E-state index is -0.524. The van der Waals surface area contributed by atoms with Crippen LogP contribution in [0.1, 0.15) is 27.2 Å². The Bertz CT molecular complexity index is 1150. The van der Waals surface area contributed by atoms with Gasteiger partial charge >= 0.3 is 12.3 Å². The van der Waals surface area contributed by atoms with Crippen molar-refractivity contribution in [2.24, 2.45) is 5.41 Å². The molecule has 0 unspecified atom stereocenters. The lowest BCUT2D eigenvalue weighted by Crippen LogP contribution is -2.49.